The van der Waals surface area contributed by atoms with E-state index in [0.29, 0.717) is 24.0 Å². The van der Waals surface area contributed by atoms with Crippen molar-refractivity contribution in [3.63, 3.8) is 0 Å². The normalized spacial score (nSPS) is 14.6. The van der Waals surface area contributed by atoms with Crippen LogP contribution in [-0.2, 0) is 16.6 Å². The third-order valence-corrected chi connectivity index (χ3v) is 6.17. The van der Waals surface area contributed by atoms with E-state index in [-0.39, 0.29) is 11.3 Å². The van der Waals surface area contributed by atoms with Crippen LogP contribution in [0.3, 0.4) is 0 Å². The highest BCUT2D eigenvalue weighted by Crippen LogP contribution is 2.25. The molecule has 1 aromatic rings. The van der Waals surface area contributed by atoms with Gasteiger partial charge in [0.05, 0.1) is 4.90 Å². The lowest BCUT2D eigenvalue weighted by molar-refractivity contribution is 0.263. The molecular formula is C15H28N2O2S2. The maximum atomic E-state index is 12.3. The molecule has 0 aliphatic rings. The van der Waals surface area contributed by atoms with Crippen LogP contribution in [0.4, 0.5) is 0 Å². The van der Waals surface area contributed by atoms with Gasteiger partial charge in [0, 0.05) is 29.4 Å². The van der Waals surface area contributed by atoms with E-state index in [4.69, 9.17) is 0 Å². The fraction of sp³-hybridized carbons (Fsp3) is 0.733. The van der Waals surface area contributed by atoms with Gasteiger partial charge in [0.2, 0.25) is 10.0 Å². The zero-order chi connectivity index (χ0) is 16.3. The topological polar surface area (TPSA) is 58.2 Å². The zero-order valence-electron chi connectivity index (χ0n) is 13.9. The minimum atomic E-state index is -3.40. The van der Waals surface area contributed by atoms with Crippen LogP contribution in [0.2, 0.25) is 0 Å². The predicted octanol–water partition coefficient (Wildman–Crippen LogP) is 3.21. The SMILES string of the molecule is CC(C)NCc1cc(S(=O)(=O)NCC(C)C(C)(C)C)cs1. The predicted molar refractivity (Wildman–Crippen MR) is 90.1 cm³/mol. The van der Waals surface area contributed by atoms with Crippen LogP contribution >= 0.6 is 11.3 Å². The molecule has 0 aliphatic heterocycles. The van der Waals surface area contributed by atoms with Crippen LogP contribution in [0, 0.1) is 11.3 Å². The Kier molecular flexibility index (Phi) is 6.40. The van der Waals surface area contributed by atoms with Gasteiger partial charge in [0.25, 0.3) is 0 Å². The lowest BCUT2D eigenvalue weighted by Gasteiger charge is -2.27. The highest BCUT2D eigenvalue weighted by molar-refractivity contribution is 7.89. The first-order chi connectivity index (χ1) is 9.52. The quantitative estimate of drug-likeness (QED) is 0.806. The van der Waals surface area contributed by atoms with E-state index in [1.54, 1.807) is 11.4 Å². The van der Waals surface area contributed by atoms with Gasteiger partial charge < -0.3 is 5.32 Å². The Bertz CT molecular complexity index is 542. The standard InChI is InChI=1S/C15H28N2O2S2/c1-11(2)16-9-13-7-14(10-20-13)21(18,19)17-8-12(3)15(4,5)6/h7,10-12,16-17H,8-9H2,1-6H3. The zero-order valence-corrected chi connectivity index (χ0v) is 15.5. The highest BCUT2D eigenvalue weighted by atomic mass is 32.2. The molecule has 122 valence electrons. The minimum Gasteiger partial charge on any atom is -0.310 e. The molecule has 2 N–H and O–H groups in total. The van der Waals surface area contributed by atoms with Gasteiger partial charge in [0.1, 0.15) is 0 Å². The molecule has 1 aromatic heterocycles. The Hall–Kier alpha value is -0.430. The molecule has 0 saturated heterocycles. The summed E-state index contributed by atoms with van der Waals surface area (Å²) in [5.74, 6) is 0.271. The second-order valence-corrected chi connectivity index (χ2v) is 9.67. The first-order valence-electron chi connectivity index (χ1n) is 7.33. The number of rotatable bonds is 7. The summed E-state index contributed by atoms with van der Waals surface area (Å²) >= 11 is 1.48. The van der Waals surface area contributed by atoms with E-state index < -0.39 is 10.0 Å². The summed E-state index contributed by atoms with van der Waals surface area (Å²) < 4.78 is 27.3. The number of hydrogen-bond acceptors (Lipinski definition) is 4. The molecular weight excluding hydrogens is 304 g/mol. The van der Waals surface area contributed by atoms with Crippen molar-refractivity contribution in [1.29, 1.82) is 0 Å². The van der Waals surface area contributed by atoms with E-state index in [9.17, 15) is 8.42 Å². The molecule has 0 aromatic carbocycles. The van der Waals surface area contributed by atoms with Crippen LogP contribution in [0.1, 0.15) is 46.4 Å². The summed E-state index contributed by atoms with van der Waals surface area (Å²) in [4.78, 5) is 1.40. The van der Waals surface area contributed by atoms with E-state index in [1.165, 1.54) is 11.3 Å². The van der Waals surface area contributed by atoms with Gasteiger partial charge in [-0.25, -0.2) is 13.1 Å². The van der Waals surface area contributed by atoms with Crippen molar-refractivity contribution in [2.75, 3.05) is 6.54 Å². The van der Waals surface area contributed by atoms with Gasteiger partial charge in [-0.2, -0.15) is 0 Å². The van der Waals surface area contributed by atoms with Gasteiger partial charge in [-0.3, -0.25) is 0 Å². The van der Waals surface area contributed by atoms with Crippen LogP contribution in [0.25, 0.3) is 0 Å². The molecule has 0 saturated carbocycles. The van der Waals surface area contributed by atoms with Crippen molar-refractivity contribution in [2.45, 2.75) is 59.0 Å². The molecule has 0 aliphatic carbocycles. The van der Waals surface area contributed by atoms with Crippen molar-refractivity contribution in [1.82, 2.24) is 10.0 Å². The number of hydrogen-bond donors (Lipinski definition) is 2. The Morgan fingerprint density at radius 1 is 1.24 bits per heavy atom. The number of sulfonamides is 1. The summed E-state index contributed by atoms with van der Waals surface area (Å²) in [6.45, 7) is 13.7. The smallest absolute Gasteiger partial charge is 0.241 e. The Morgan fingerprint density at radius 2 is 1.86 bits per heavy atom. The molecule has 0 bridgehead atoms. The molecule has 21 heavy (non-hydrogen) atoms. The third kappa shape index (κ3) is 6.06. The largest absolute Gasteiger partial charge is 0.310 e. The van der Waals surface area contributed by atoms with Gasteiger partial charge in [-0.15, -0.1) is 11.3 Å². The van der Waals surface area contributed by atoms with Gasteiger partial charge in [-0.05, 0) is 17.4 Å². The number of nitrogens with one attached hydrogen (secondary N) is 2. The van der Waals surface area contributed by atoms with E-state index in [0.717, 1.165) is 4.88 Å². The summed E-state index contributed by atoms with van der Waals surface area (Å²) in [5, 5.41) is 5.00. The van der Waals surface area contributed by atoms with Crippen LogP contribution in [-0.4, -0.2) is 21.0 Å². The molecule has 0 fully saturated rings. The van der Waals surface area contributed by atoms with Gasteiger partial charge in [0.15, 0.2) is 0 Å². The molecule has 1 heterocycles. The molecule has 0 radical (unpaired) electrons. The number of thiophene rings is 1. The Balaban J connectivity index is 2.67. The van der Waals surface area contributed by atoms with Crippen molar-refractivity contribution in [3.05, 3.63) is 16.3 Å². The van der Waals surface area contributed by atoms with Crippen molar-refractivity contribution in [3.8, 4) is 0 Å². The lowest BCUT2D eigenvalue weighted by Crippen LogP contribution is -2.33. The van der Waals surface area contributed by atoms with E-state index in [1.807, 2.05) is 0 Å². The Labute approximate surface area is 133 Å². The minimum absolute atomic E-state index is 0.0868. The van der Waals surface area contributed by atoms with Crippen LogP contribution < -0.4 is 10.0 Å². The average molecular weight is 333 g/mol. The van der Waals surface area contributed by atoms with Crippen molar-refractivity contribution in [2.24, 2.45) is 11.3 Å². The first kappa shape index (κ1) is 18.6. The first-order valence-corrected chi connectivity index (χ1v) is 9.69. The van der Waals surface area contributed by atoms with Crippen LogP contribution in [0.5, 0.6) is 0 Å². The van der Waals surface area contributed by atoms with Gasteiger partial charge >= 0.3 is 0 Å². The molecule has 0 amide bonds. The lowest BCUT2D eigenvalue weighted by atomic mass is 9.82. The highest BCUT2D eigenvalue weighted by Gasteiger charge is 2.23. The maximum Gasteiger partial charge on any atom is 0.241 e. The molecule has 1 rings (SSSR count). The second kappa shape index (κ2) is 7.22. The third-order valence-electron chi connectivity index (χ3n) is 3.68. The monoisotopic (exact) mass is 332 g/mol. The fourth-order valence-electron chi connectivity index (χ4n) is 1.52. The molecule has 1 unspecified atom stereocenters. The van der Waals surface area contributed by atoms with Crippen LogP contribution in [0.15, 0.2) is 16.3 Å². The summed E-state index contributed by atoms with van der Waals surface area (Å²) in [7, 11) is -3.40. The van der Waals surface area contributed by atoms with Crippen molar-refractivity contribution >= 4 is 21.4 Å². The molecule has 4 nitrogen and oxygen atoms in total. The average Bonchev–Trinajstić information content (AvgIpc) is 2.81. The van der Waals surface area contributed by atoms with Gasteiger partial charge in [-0.1, -0.05) is 41.5 Å². The molecule has 0 spiro atoms. The molecule has 6 heteroatoms. The second-order valence-electron chi connectivity index (χ2n) is 6.90. The van der Waals surface area contributed by atoms with E-state index in [2.05, 4.69) is 51.6 Å². The summed E-state index contributed by atoms with van der Waals surface area (Å²) in [6.07, 6.45) is 0. The molecule has 1 atom stereocenters. The van der Waals surface area contributed by atoms with Crippen molar-refractivity contribution < 1.29 is 8.42 Å². The Morgan fingerprint density at radius 3 is 2.38 bits per heavy atom. The summed E-state index contributed by atoms with van der Waals surface area (Å²) in [6, 6.07) is 2.14. The maximum absolute atomic E-state index is 12.3. The summed E-state index contributed by atoms with van der Waals surface area (Å²) in [5.41, 5.74) is 0.0868. The van der Waals surface area contributed by atoms with E-state index >= 15 is 0 Å². The fourth-order valence-corrected chi connectivity index (χ4v) is 3.88.